The Morgan fingerprint density at radius 1 is 1.09 bits per heavy atom. The molecule has 0 unspecified atom stereocenters. The zero-order valence-electron chi connectivity index (χ0n) is 12.4. The highest BCUT2D eigenvalue weighted by atomic mass is 35.5. The number of hydrogen-bond donors (Lipinski definition) is 1. The third-order valence-corrected chi connectivity index (χ3v) is 3.60. The fraction of sp³-hybridized carbons (Fsp3) is 0.176. The van der Waals surface area contributed by atoms with Crippen LogP contribution >= 0.6 is 11.6 Å². The Morgan fingerprint density at radius 2 is 1.95 bits per heavy atom. The number of benzene rings is 2. The first-order valence-corrected chi connectivity index (χ1v) is 7.39. The summed E-state index contributed by atoms with van der Waals surface area (Å²) in [5, 5.41) is 12.1. The van der Waals surface area contributed by atoms with Crippen LogP contribution in [0.2, 0.25) is 5.02 Å². The molecule has 0 spiro atoms. The number of halogens is 1. The largest absolute Gasteiger partial charge is 0.419 e. The molecule has 3 rings (SSSR count). The highest BCUT2D eigenvalue weighted by Gasteiger charge is 2.09. The minimum Gasteiger partial charge on any atom is -0.419 e. The molecule has 0 bridgehead atoms. The van der Waals surface area contributed by atoms with Crippen LogP contribution in [0.3, 0.4) is 0 Å². The summed E-state index contributed by atoms with van der Waals surface area (Å²) >= 11 is 5.97. The molecule has 3 aromatic rings. The van der Waals surface area contributed by atoms with E-state index < -0.39 is 0 Å². The van der Waals surface area contributed by atoms with Crippen molar-refractivity contribution in [3.63, 3.8) is 0 Å². The molecule has 0 amide bonds. The van der Waals surface area contributed by atoms with Gasteiger partial charge in [0, 0.05) is 16.3 Å². The average Bonchev–Trinajstić information content (AvgIpc) is 2.97. The zero-order valence-corrected chi connectivity index (χ0v) is 13.2. The maximum Gasteiger partial charge on any atom is 0.247 e. The van der Waals surface area contributed by atoms with Crippen LogP contribution < -0.4 is 5.32 Å². The number of nitrogens with zero attached hydrogens (tertiary/aromatic N) is 2. The highest BCUT2D eigenvalue weighted by Crippen LogP contribution is 2.22. The molecule has 5 heteroatoms. The summed E-state index contributed by atoms with van der Waals surface area (Å²) in [7, 11) is 0. The molecule has 4 nitrogen and oxygen atoms in total. The van der Waals surface area contributed by atoms with Crippen LogP contribution in [0.5, 0.6) is 0 Å². The van der Waals surface area contributed by atoms with Crippen molar-refractivity contribution in [1.82, 2.24) is 10.2 Å². The lowest BCUT2D eigenvalue weighted by molar-refractivity contribution is 0.515. The quantitative estimate of drug-likeness (QED) is 0.763. The van der Waals surface area contributed by atoms with E-state index >= 15 is 0 Å². The first kappa shape index (κ1) is 14.6. The van der Waals surface area contributed by atoms with Crippen molar-refractivity contribution in [2.45, 2.75) is 20.4 Å². The minimum atomic E-state index is 0.472. The average molecular weight is 314 g/mol. The Balaban J connectivity index is 1.73. The SMILES string of the molecule is Cc1ccc(C)c(NCc2nnc(-c3cccc(Cl)c3)o2)c1. The first-order valence-electron chi connectivity index (χ1n) is 7.01. The second-order valence-electron chi connectivity index (χ2n) is 5.18. The van der Waals surface area contributed by atoms with Crippen molar-refractivity contribution in [1.29, 1.82) is 0 Å². The number of aryl methyl sites for hydroxylation is 2. The predicted octanol–water partition coefficient (Wildman–Crippen LogP) is 4.62. The van der Waals surface area contributed by atoms with Gasteiger partial charge in [0.1, 0.15) is 0 Å². The summed E-state index contributed by atoms with van der Waals surface area (Å²) in [6, 6.07) is 13.6. The van der Waals surface area contributed by atoms with Gasteiger partial charge in [-0.05, 0) is 49.2 Å². The van der Waals surface area contributed by atoms with Crippen molar-refractivity contribution in [2.24, 2.45) is 0 Å². The van der Waals surface area contributed by atoms with Crippen molar-refractivity contribution >= 4 is 17.3 Å². The topological polar surface area (TPSA) is 51.0 Å². The molecule has 0 atom stereocenters. The lowest BCUT2D eigenvalue weighted by Gasteiger charge is -2.08. The van der Waals surface area contributed by atoms with Gasteiger partial charge in [0.25, 0.3) is 0 Å². The highest BCUT2D eigenvalue weighted by molar-refractivity contribution is 6.30. The molecule has 1 heterocycles. The number of hydrogen-bond acceptors (Lipinski definition) is 4. The maximum atomic E-state index is 5.97. The van der Waals surface area contributed by atoms with E-state index in [4.69, 9.17) is 16.0 Å². The van der Waals surface area contributed by atoms with Gasteiger partial charge >= 0.3 is 0 Å². The Hall–Kier alpha value is -2.33. The Labute approximate surface area is 134 Å². The number of rotatable bonds is 4. The molecule has 1 N–H and O–H groups in total. The van der Waals surface area contributed by atoms with E-state index in [-0.39, 0.29) is 0 Å². The van der Waals surface area contributed by atoms with Gasteiger partial charge < -0.3 is 9.73 Å². The Morgan fingerprint density at radius 3 is 2.77 bits per heavy atom. The third kappa shape index (κ3) is 3.28. The molecule has 0 aliphatic heterocycles. The van der Waals surface area contributed by atoms with Crippen molar-refractivity contribution in [2.75, 3.05) is 5.32 Å². The van der Waals surface area contributed by atoms with Crippen LogP contribution in [0.1, 0.15) is 17.0 Å². The van der Waals surface area contributed by atoms with E-state index in [0.717, 1.165) is 11.3 Å². The molecule has 0 aliphatic rings. The molecule has 112 valence electrons. The third-order valence-electron chi connectivity index (χ3n) is 3.36. The molecule has 0 fully saturated rings. The fourth-order valence-electron chi connectivity index (χ4n) is 2.16. The lowest BCUT2D eigenvalue weighted by Crippen LogP contribution is -2.01. The van der Waals surface area contributed by atoms with Gasteiger partial charge in [-0.25, -0.2) is 0 Å². The van der Waals surface area contributed by atoms with E-state index in [1.807, 2.05) is 18.2 Å². The summed E-state index contributed by atoms with van der Waals surface area (Å²) in [6.07, 6.45) is 0. The molecule has 1 aromatic heterocycles. The van der Waals surface area contributed by atoms with E-state index in [9.17, 15) is 0 Å². The van der Waals surface area contributed by atoms with E-state index in [0.29, 0.717) is 23.3 Å². The van der Waals surface area contributed by atoms with Crippen LogP contribution in [0, 0.1) is 13.8 Å². The molecular weight excluding hydrogens is 298 g/mol. The van der Waals surface area contributed by atoms with E-state index in [2.05, 4.69) is 47.6 Å². The van der Waals surface area contributed by atoms with Gasteiger partial charge in [-0.1, -0.05) is 29.8 Å². The second kappa shape index (κ2) is 6.20. The van der Waals surface area contributed by atoms with Crippen molar-refractivity contribution in [3.05, 3.63) is 64.5 Å². The Bertz CT molecular complexity index is 798. The van der Waals surface area contributed by atoms with Gasteiger partial charge in [-0.15, -0.1) is 10.2 Å². The monoisotopic (exact) mass is 313 g/mol. The number of nitrogens with one attached hydrogen (secondary N) is 1. The Kier molecular flexibility index (Phi) is 4.11. The second-order valence-corrected chi connectivity index (χ2v) is 5.62. The summed E-state index contributed by atoms with van der Waals surface area (Å²) in [6.45, 7) is 4.61. The van der Waals surface area contributed by atoms with Crippen molar-refractivity contribution in [3.8, 4) is 11.5 Å². The fourth-order valence-corrected chi connectivity index (χ4v) is 2.35. The molecule has 0 aliphatic carbocycles. The number of anilines is 1. The molecule has 0 radical (unpaired) electrons. The van der Waals surface area contributed by atoms with Gasteiger partial charge in [0.05, 0.1) is 6.54 Å². The normalized spacial score (nSPS) is 10.7. The minimum absolute atomic E-state index is 0.472. The predicted molar refractivity (Wildman–Crippen MR) is 88.0 cm³/mol. The summed E-state index contributed by atoms with van der Waals surface area (Å²) in [4.78, 5) is 0. The first-order chi connectivity index (χ1) is 10.6. The standard InChI is InChI=1S/C17H16ClN3O/c1-11-6-7-12(2)15(8-11)19-10-16-20-21-17(22-16)13-4-3-5-14(18)9-13/h3-9,19H,10H2,1-2H3. The summed E-state index contributed by atoms with van der Waals surface area (Å²) in [5.41, 5.74) is 4.28. The van der Waals surface area contributed by atoms with Crippen LogP contribution in [-0.4, -0.2) is 10.2 Å². The van der Waals surface area contributed by atoms with Gasteiger partial charge in [-0.3, -0.25) is 0 Å². The number of aromatic nitrogens is 2. The zero-order chi connectivity index (χ0) is 15.5. The molecule has 22 heavy (non-hydrogen) atoms. The van der Waals surface area contributed by atoms with Crippen LogP contribution in [-0.2, 0) is 6.54 Å². The van der Waals surface area contributed by atoms with Crippen LogP contribution in [0.15, 0.2) is 46.9 Å². The molecule has 2 aromatic carbocycles. The van der Waals surface area contributed by atoms with Crippen molar-refractivity contribution < 1.29 is 4.42 Å². The van der Waals surface area contributed by atoms with Gasteiger partial charge in [0.2, 0.25) is 11.8 Å². The maximum absolute atomic E-state index is 5.97. The molecule has 0 saturated carbocycles. The lowest BCUT2D eigenvalue weighted by atomic mass is 10.1. The van der Waals surface area contributed by atoms with Gasteiger partial charge in [0.15, 0.2) is 0 Å². The summed E-state index contributed by atoms with van der Waals surface area (Å²) < 4.78 is 5.67. The smallest absolute Gasteiger partial charge is 0.247 e. The molecule has 0 saturated heterocycles. The van der Waals surface area contributed by atoms with Crippen LogP contribution in [0.25, 0.3) is 11.5 Å². The molecular formula is C17H16ClN3O. The van der Waals surface area contributed by atoms with Gasteiger partial charge in [-0.2, -0.15) is 0 Å². The van der Waals surface area contributed by atoms with E-state index in [1.54, 1.807) is 6.07 Å². The van der Waals surface area contributed by atoms with Crippen LogP contribution in [0.4, 0.5) is 5.69 Å². The summed E-state index contributed by atoms with van der Waals surface area (Å²) in [5.74, 6) is 1.01. The van der Waals surface area contributed by atoms with E-state index in [1.165, 1.54) is 11.1 Å².